The summed E-state index contributed by atoms with van der Waals surface area (Å²) in [5.41, 5.74) is 0.486. The number of nitrogens with one attached hydrogen (secondary N) is 1. The molecule has 0 unspecified atom stereocenters. The van der Waals surface area contributed by atoms with E-state index in [1.54, 1.807) is 18.7 Å². The third-order valence-corrected chi connectivity index (χ3v) is 6.95. The van der Waals surface area contributed by atoms with Crippen molar-refractivity contribution in [2.45, 2.75) is 24.2 Å². The van der Waals surface area contributed by atoms with Gasteiger partial charge in [0.05, 0.1) is 23.0 Å². The summed E-state index contributed by atoms with van der Waals surface area (Å²) >= 11 is 0. The van der Waals surface area contributed by atoms with E-state index in [1.165, 1.54) is 65.1 Å². The first-order valence-corrected chi connectivity index (χ1v) is 13.1. The van der Waals surface area contributed by atoms with Crippen molar-refractivity contribution in [3.8, 4) is 17.2 Å². The number of methoxy groups -OCH3 is 1. The Kier molecular flexibility index (Phi) is 7.92. The van der Waals surface area contributed by atoms with E-state index < -0.39 is 22.8 Å². The minimum absolute atomic E-state index is 0.000210. The van der Waals surface area contributed by atoms with Gasteiger partial charge in [0.1, 0.15) is 11.5 Å². The summed E-state index contributed by atoms with van der Waals surface area (Å²) in [6.07, 6.45) is -1.11. The first kappa shape index (κ1) is 28.0. The van der Waals surface area contributed by atoms with Crippen molar-refractivity contribution < 1.29 is 35.8 Å². The van der Waals surface area contributed by atoms with E-state index in [9.17, 15) is 26.4 Å². The molecule has 0 bridgehead atoms. The molecular formula is C24H26F3N5O6S. The molecule has 210 valence electrons. The highest BCUT2D eigenvalue weighted by Gasteiger charge is 2.28. The summed E-state index contributed by atoms with van der Waals surface area (Å²) in [6.45, 7) is -0.495. The second kappa shape index (κ2) is 11.0. The maximum absolute atomic E-state index is 13.2. The van der Waals surface area contributed by atoms with E-state index >= 15 is 0 Å². The normalized spacial score (nSPS) is 12.2. The first-order chi connectivity index (χ1) is 18.4. The average molecular weight is 570 g/mol. The van der Waals surface area contributed by atoms with Gasteiger partial charge >= 0.3 is 11.9 Å². The molecular weight excluding hydrogens is 543 g/mol. The van der Waals surface area contributed by atoms with Crippen molar-refractivity contribution in [3.05, 3.63) is 59.4 Å². The van der Waals surface area contributed by atoms with Crippen LogP contribution in [0.15, 0.2) is 58.7 Å². The minimum atomic E-state index is -4.53. The number of hydrogen-bond donors (Lipinski definition) is 1. The predicted octanol–water partition coefficient (Wildman–Crippen LogP) is 3.64. The Hall–Kier alpha value is -3.98. The fourth-order valence-electron chi connectivity index (χ4n) is 3.80. The summed E-state index contributed by atoms with van der Waals surface area (Å²) in [5.74, 6) is -0.0169. The van der Waals surface area contributed by atoms with Crippen LogP contribution in [0.5, 0.6) is 17.2 Å². The molecule has 1 N–H and O–H groups in total. The number of benzene rings is 2. The molecule has 0 aliphatic carbocycles. The molecule has 0 fully saturated rings. The van der Waals surface area contributed by atoms with Crippen molar-refractivity contribution in [2.24, 2.45) is 14.1 Å². The van der Waals surface area contributed by atoms with Gasteiger partial charge in [0.2, 0.25) is 0 Å². The van der Waals surface area contributed by atoms with E-state index in [0.29, 0.717) is 30.6 Å². The van der Waals surface area contributed by atoms with E-state index in [4.69, 9.17) is 14.2 Å². The Morgan fingerprint density at radius 3 is 2.44 bits per heavy atom. The molecule has 2 aromatic carbocycles. The van der Waals surface area contributed by atoms with Crippen molar-refractivity contribution in [1.29, 1.82) is 0 Å². The number of nitrogens with zero attached hydrogens (tertiary/aromatic N) is 4. The maximum Gasteiger partial charge on any atom is 0.422 e. The zero-order valence-electron chi connectivity index (χ0n) is 21.2. The standard InChI is InChI=1S/C24H26F3N5O6S/c1-30-19-11-18(29-39(34,35)22-13-32(15-28-22)8-5-9-36-3)21(12-20(19)31(2)23(30)33)38-17-7-4-6-16(10-17)37-14-24(25,26)27/h4,6-7,10-13,15,29H,5,8-9,14H2,1-3H3. The lowest BCUT2D eigenvalue weighted by molar-refractivity contribution is -0.153. The summed E-state index contributed by atoms with van der Waals surface area (Å²) < 4.78 is 86.6. The van der Waals surface area contributed by atoms with Crippen LogP contribution in [0.1, 0.15) is 6.42 Å². The second-order valence-electron chi connectivity index (χ2n) is 8.62. The van der Waals surface area contributed by atoms with E-state index in [-0.39, 0.29) is 33.7 Å². The van der Waals surface area contributed by atoms with Gasteiger partial charge in [-0.05, 0) is 24.6 Å². The van der Waals surface area contributed by atoms with Gasteiger partial charge in [0.25, 0.3) is 10.0 Å². The zero-order chi connectivity index (χ0) is 28.4. The van der Waals surface area contributed by atoms with Crippen LogP contribution in [-0.4, -0.2) is 53.6 Å². The number of aromatic nitrogens is 4. The van der Waals surface area contributed by atoms with Crippen LogP contribution in [0.3, 0.4) is 0 Å². The van der Waals surface area contributed by atoms with Gasteiger partial charge in [-0.3, -0.25) is 13.9 Å². The Balaban J connectivity index is 1.69. The Bertz CT molecular complexity index is 1640. The predicted molar refractivity (Wildman–Crippen MR) is 136 cm³/mol. The highest BCUT2D eigenvalue weighted by atomic mass is 32.2. The quantitative estimate of drug-likeness (QED) is 0.274. The van der Waals surface area contributed by atoms with Crippen molar-refractivity contribution in [2.75, 3.05) is 25.0 Å². The highest BCUT2D eigenvalue weighted by molar-refractivity contribution is 7.92. The van der Waals surface area contributed by atoms with Crippen LogP contribution in [0.25, 0.3) is 11.0 Å². The van der Waals surface area contributed by atoms with Crippen molar-refractivity contribution in [1.82, 2.24) is 18.7 Å². The Morgan fingerprint density at radius 1 is 1.05 bits per heavy atom. The van der Waals surface area contributed by atoms with Crippen LogP contribution in [0, 0.1) is 0 Å². The van der Waals surface area contributed by atoms with Gasteiger partial charge in [-0.1, -0.05) is 6.07 Å². The first-order valence-electron chi connectivity index (χ1n) is 11.6. The topological polar surface area (TPSA) is 119 Å². The van der Waals surface area contributed by atoms with Crippen LogP contribution in [0.2, 0.25) is 0 Å². The summed E-state index contributed by atoms with van der Waals surface area (Å²) in [5, 5.41) is -0.240. The van der Waals surface area contributed by atoms with E-state index in [2.05, 4.69) is 9.71 Å². The maximum atomic E-state index is 13.2. The van der Waals surface area contributed by atoms with Crippen LogP contribution in [-0.2, 0) is 35.4 Å². The molecule has 0 radical (unpaired) electrons. The number of hydrogen-bond acceptors (Lipinski definition) is 7. The molecule has 4 rings (SSSR count). The number of sulfonamides is 1. The Labute approximate surface area is 221 Å². The SMILES string of the molecule is COCCCn1cnc(S(=O)(=O)Nc2cc3c(cc2Oc2cccc(OCC(F)(F)F)c2)n(C)c(=O)n3C)c1. The molecule has 0 aliphatic rings. The number of alkyl halides is 3. The van der Waals surface area contributed by atoms with Gasteiger partial charge < -0.3 is 18.8 Å². The number of ether oxygens (including phenoxy) is 3. The number of halogens is 3. The third-order valence-electron chi connectivity index (χ3n) is 5.70. The molecule has 0 aliphatic heterocycles. The van der Waals surface area contributed by atoms with Gasteiger partial charge in [0.15, 0.2) is 17.4 Å². The lowest BCUT2D eigenvalue weighted by Crippen LogP contribution is -2.19. The number of imidazole rings is 2. The van der Waals surface area contributed by atoms with Crippen LogP contribution < -0.4 is 19.9 Å². The molecule has 11 nitrogen and oxygen atoms in total. The molecule has 0 spiro atoms. The molecule has 2 aromatic heterocycles. The van der Waals surface area contributed by atoms with E-state index in [0.717, 1.165) is 0 Å². The minimum Gasteiger partial charge on any atom is -0.484 e. The fourth-order valence-corrected chi connectivity index (χ4v) is 4.81. The van der Waals surface area contributed by atoms with Gasteiger partial charge in [0, 0.05) is 52.7 Å². The smallest absolute Gasteiger partial charge is 0.422 e. The average Bonchev–Trinajstić information content (AvgIpc) is 3.43. The molecule has 0 amide bonds. The van der Waals surface area contributed by atoms with Crippen LogP contribution >= 0.6 is 0 Å². The van der Waals surface area contributed by atoms with Crippen LogP contribution in [0.4, 0.5) is 18.9 Å². The van der Waals surface area contributed by atoms with Gasteiger partial charge in [-0.25, -0.2) is 9.78 Å². The molecule has 0 saturated heterocycles. The molecule has 0 saturated carbocycles. The molecule has 15 heteroatoms. The third kappa shape index (κ3) is 6.54. The van der Waals surface area contributed by atoms with E-state index in [1.807, 2.05) is 0 Å². The molecule has 39 heavy (non-hydrogen) atoms. The second-order valence-corrected chi connectivity index (χ2v) is 10.2. The summed E-state index contributed by atoms with van der Waals surface area (Å²) in [7, 11) is 0.451. The number of fused-ring (bicyclic) bond motifs is 1. The summed E-state index contributed by atoms with van der Waals surface area (Å²) in [4.78, 5) is 16.5. The summed E-state index contributed by atoms with van der Waals surface area (Å²) in [6, 6.07) is 8.35. The number of rotatable bonds is 11. The lowest BCUT2D eigenvalue weighted by Gasteiger charge is -2.15. The van der Waals surface area contributed by atoms with Gasteiger partial charge in [-0.2, -0.15) is 21.6 Å². The highest BCUT2D eigenvalue weighted by Crippen LogP contribution is 2.36. The number of aryl methyl sites for hydroxylation is 3. The zero-order valence-corrected chi connectivity index (χ0v) is 22.0. The fraction of sp³-hybridized carbons (Fsp3) is 0.333. The van der Waals surface area contributed by atoms with Crippen molar-refractivity contribution in [3.63, 3.8) is 0 Å². The molecule has 0 atom stereocenters. The van der Waals surface area contributed by atoms with Crippen molar-refractivity contribution >= 4 is 26.7 Å². The Morgan fingerprint density at radius 2 is 1.74 bits per heavy atom. The van der Waals surface area contributed by atoms with Gasteiger partial charge in [-0.15, -0.1) is 0 Å². The molecule has 4 aromatic rings. The number of anilines is 1. The largest absolute Gasteiger partial charge is 0.484 e. The molecule has 2 heterocycles. The monoisotopic (exact) mass is 569 g/mol. The lowest BCUT2D eigenvalue weighted by atomic mass is 10.2.